The Bertz CT molecular complexity index is 919. The van der Waals surface area contributed by atoms with Gasteiger partial charge >= 0.3 is 6.18 Å². The van der Waals surface area contributed by atoms with Crippen LogP contribution >= 0.6 is 11.6 Å². The van der Waals surface area contributed by atoms with Crippen molar-refractivity contribution in [1.82, 2.24) is 19.6 Å². The Hall–Kier alpha value is -2.81. The molecule has 0 aliphatic heterocycles. The van der Waals surface area contributed by atoms with Gasteiger partial charge in [-0.1, -0.05) is 23.7 Å². The molecule has 10 heteroatoms. The lowest BCUT2D eigenvalue weighted by molar-refractivity contribution is -0.137. The number of benzene rings is 1. The van der Waals surface area contributed by atoms with E-state index >= 15 is 0 Å². The number of nitrogens with one attached hydrogen (secondary N) is 1. The van der Waals surface area contributed by atoms with Gasteiger partial charge in [0, 0.05) is 12.4 Å². The highest BCUT2D eigenvalue weighted by Gasteiger charge is 2.30. The third kappa shape index (κ3) is 4.63. The molecule has 0 bridgehead atoms. The predicted octanol–water partition coefficient (Wildman–Crippen LogP) is 3.44. The minimum Gasteiger partial charge on any atom is -0.322 e. The Morgan fingerprint density at radius 3 is 2.62 bits per heavy atom. The van der Waals surface area contributed by atoms with Crippen molar-refractivity contribution >= 4 is 23.2 Å². The average molecular weight is 384 g/mol. The molecule has 2 aromatic heterocycles. The van der Waals surface area contributed by atoms with Crippen LogP contribution in [0.15, 0.2) is 49.1 Å². The SMILES string of the molecule is O=C(Cn1cc(Cl)cn1)Nc1cnn(Cc2cccc(C(F)(F)F)c2)c1. The average Bonchev–Trinajstić information content (AvgIpc) is 3.16. The third-order valence-corrected chi connectivity index (χ3v) is 3.62. The molecule has 136 valence electrons. The Labute approximate surface area is 151 Å². The predicted molar refractivity (Wildman–Crippen MR) is 88.6 cm³/mol. The van der Waals surface area contributed by atoms with E-state index in [-0.39, 0.29) is 19.0 Å². The maximum atomic E-state index is 12.7. The number of hydrogen-bond donors (Lipinski definition) is 1. The van der Waals surface area contributed by atoms with Gasteiger partial charge in [-0.25, -0.2) is 0 Å². The Balaban J connectivity index is 1.62. The molecule has 0 saturated carbocycles. The highest BCUT2D eigenvalue weighted by Crippen LogP contribution is 2.29. The molecule has 0 radical (unpaired) electrons. The summed E-state index contributed by atoms with van der Waals surface area (Å²) in [7, 11) is 0. The summed E-state index contributed by atoms with van der Waals surface area (Å²) in [4.78, 5) is 11.9. The fourth-order valence-electron chi connectivity index (χ4n) is 2.32. The van der Waals surface area contributed by atoms with E-state index in [1.807, 2.05) is 0 Å². The van der Waals surface area contributed by atoms with E-state index in [2.05, 4.69) is 15.5 Å². The Kier molecular flexibility index (Phi) is 4.99. The molecule has 6 nitrogen and oxygen atoms in total. The fraction of sp³-hybridized carbons (Fsp3) is 0.188. The zero-order chi connectivity index (χ0) is 18.7. The number of hydrogen-bond acceptors (Lipinski definition) is 3. The Morgan fingerprint density at radius 2 is 1.92 bits per heavy atom. The van der Waals surface area contributed by atoms with E-state index in [0.717, 1.165) is 12.1 Å². The van der Waals surface area contributed by atoms with Crippen molar-refractivity contribution in [2.45, 2.75) is 19.3 Å². The lowest BCUT2D eigenvalue weighted by Crippen LogP contribution is -2.18. The highest BCUT2D eigenvalue weighted by atomic mass is 35.5. The summed E-state index contributed by atoms with van der Waals surface area (Å²) < 4.78 is 41.1. The van der Waals surface area contributed by atoms with E-state index in [0.29, 0.717) is 16.3 Å². The molecule has 0 saturated heterocycles. The molecule has 0 fully saturated rings. The first-order chi connectivity index (χ1) is 12.3. The maximum Gasteiger partial charge on any atom is 0.416 e. The van der Waals surface area contributed by atoms with Crippen LogP contribution in [-0.4, -0.2) is 25.5 Å². The van der Waals surface area contributed by atoms with Crippen molar-refractivity contribution < 1.29 is 18.0 Å². The lowest BCUT2D eigenvalue weighted by atomic mass is 10.1. The summed E-state index contributed by atoms with van der Waals surface area (Å²) in [6, 6.07) is 5.01. The zero-order valence-electron chi connectivity index (χ0n) is 13.2. The maximum absolute atomic E-state index is 12.7. The molecule has 1 aromatic carbocycles. The number of carbonyl (C=O) groups excluding carboxylic acids is 1. The zero-order valence-corrected chi connectivity index (χ0v) is 14.0. The second kappa shape index (κ2) is 7.20. The molecule has 3 rings (SSSR count). The van der Waals surface area contributed by atoms with Gasteiger partial charge in [0.15, 0.2) is 0 Å². The van der Waals surface area contributed by atoms with Crippen molar-refractivity contribution in [2.75, 3.05) is 5.32 Å². The van der Waals surface area contributed by atoms with E-state index < -0.39 is 11.7 Å². The van der Waals surface area contributed by atoms with Crippen LogP contribution in [0.2, 0.25) is 5.02 Å². The van der Waals surface area contributed by atoms with Crippen LogP contribution in [0.1, 0.15) is 11.1 Å². The first-order valence-corrected chi connectivity index (χ1v) is 7.84. The minimum absolute atomic E-state index is 0.0223. The fourth-order valence-corrected chi connectivity index (χ4v) is 2.48. The molecular weight excluding hydrogens is 371 g/mol. The summed E-state index contributed by atoms with van der Waals surface area (Å²) in [5.74, 6) is -0.330. The van der Waals surface area contributed by atoms with Crippen LogP contribution in [0, 0.1) is 0 Å². The van der Waals surface area contributed by atoms with Gasteiger partial charge in [-0.05, 0) is 17.7 Å². The number of amides is 1. The summed E-state index contributed by atoms with van der Waals surface area (Å²) in [6.45, 7) is 0.125. The second-order valence-electron chi connectivity index (χ2n) is 5.53. The van der Waals surface area contributed by atoms with Crippen molar-refractivity contribution in [2.24, 2.45) is 0 Å². The van der Waals surface area contributed by atoms with Gasteiger partial charge in [0.05, 0.1) is 35.2 Å². The molecule has 1 amide bonds. The molecular formula is C16H13ClF3N5O. The second-order valence-corrected chi connectivity index (χ2v) is 5.97. The number of aromatic nitrogens is 4. The summed E-state index contributed by atoms with van der Waals surface area (Å²) in [6.07, 6.45) is 1.49. The van der Waals surface area contributed by atoms with Crippen LogP contribution in [0.3, 0.4) is 0 Å². The first-order valence-electron chi connectivity index (χ1n) is 7.46. The summed E-state index contributed by atoms with van der Waals surface area (Å²) in [5, 5.41) is 11.0. The summed E-state index contributed by atoms with van der Waals surface area (Å²) in [5.41, 5.74) is 0.167. The van der Waals surface area contributed by atoms with Crippen LogP contribution in [0.25, 0.3) is 0 Å². The number of nitrogens with zero attached hydrogens (tertiary/aromatic N) is 4. The van der Waals surface area contributed by atoms with Gasteiger partial charge in [0.1, 0.15) is 6.54 Å². The quantitative estimate of drug-likeness (QED) is 0.734. The molecule has 0 atom stereocenters. The standard InChI is InChI=1S/C16H13ClF3N5O/c17-13-5-21-25(8-13)10-15(26)23-14-6-22-24(9-14)7-11-2-1-3-12(4-11)16(18,19)20/h1-6,8-9H,7,10H2,(H,23,26). The first kappa shape index (κ1) is 18.0. The normalized spacial score (nSPS) is 11.5. The lowest BCUT2D eigenvalue weighted by Gasteiger charge is -2.08. The molecule has 0 spiro atoms. The van der Waals surface area contributed by atoms with Crippen LogP contribution in [0.4, 0.5) is 18.9 Å². The van der Waals surface area contributed by atoms with Crippen molar-refractivity contribution in [3.8, 4) is 0 Å². The monoisotopic (exact) mass is 383 g/mol. The minimum atomic E-state index is -4.39. The van der Waals surface area contributed by atoms with E-state index in [1.54, 1.807) is 6.07 Å². The van der Waals surface area contributed by atoms with E-state index in [1.165, 1.54) is 40.2 Å². The largest absolute Gasteiger partial charge is 0.416 e. The van der Waals surface area contributed by atoms with E-state index in [9.17, 15) is 18.0 Å². The van der Waals surface area contributed by atoms with Crippen molar-refractivity contribution in [3.63, 3.8) is 0 Å². The van der Waals surface area contributed by atoms with Crippen LogP contribution in [-0.2, 0) is 24.1 Å². The van der Waals surface area contributed by atoms with Gasteiger partial charge < -0.3 is 5.32 Å². The van der Waals surface area contributed by atoms with Crippen LogP contribution in [0.5, 0.6) is 0 Å². The molecule has 0 aliphatic rings. The molecule has 0 unspecified atom stereocenters. The van der Waals surface area contributed by atoms with Crippen molar-refractivity contribution in [1.29, 1.82) is 0 Å². The Morgan fingerprint density at radius 1 is 1.15 bits per heavy atom. The van der Waals surface area contributed by atoms with Crippen molar-refractivity contribution in [3.05, 3.63) is 65.2 Å². The molecule has 2 heterocycles. The van der Waals surface area contributed by atoms with Gasteiger partial charge in [0.2, 0.25) is 5.91 Å². The van der Waals surface area contributed by atoms with Gasteiger partial charge in [-0.3, -0.25) is 14.2 Å². The molecule has 3 aromatic rings. The number of halogens is 4. The number of carbonyl (C=O) groups is 1. The third-order valence-electron chi connectivity index (χ3n) is 3.42. The topological polar surface area (TPSA) is 64.7 Å². The molecule has 26 heavy (non-hydrogen) atoms. The number of anilines is 1. The van der Waals surface area contributed by atoms with Gasteiger partial charge in [-0.2, -0.15) is 23.4 Å². The van der Waals surface area contributed by atoms with Crippen LogP contribution < -0.4 is 5.32 Å². The molecule has 1 N–H and O–H groups in total. The highest BCUT2D eigenvalue weighted by molar-refractivity contribution is 6.30. The van der Waals surface area contributed by atoms with Gasteiger partial charge in [-0.15, -0.1) is 0 Å². The smallest absolute Gasteiger partial charge is 0.322 e. The molecule has 0 aliphatic carbocycles. The summed E-state index contributed by atoms with van der Waals surface area (Å²) >= 11 is 5.72. The van der Waals surface area contributed by atoms with Gasteiger partial charge in [0.25, 0.3) is 0 Å². The van der Waals surface area contributed by atoms with E-state index in [4.69, 9.17) is 11.6 Å². The number of alkyl halides is 3. The number of rotatable bonds is 5.